The molecule has 0 atom stereocenters. The summed E-state index contributed by atoms with van der Waals surface area (Å²) in [5, 5.41) is 0. The van der Waals surface area contributed by atoms with Crippen LogP contribution in [0.25, 0.3) is 0 Å². The molecule has 0 heterocycles. The molecule has 1 rings (SSSR count). The van der Waals surface area contributed by atoms with Crippen molar-refractivity contribution >= 4 is 19.4 Å². The van der Waals surface area contributed by atoms with Crippen LogP contribution in [0.5, 0.6) is 0 Å². The Morgan fingerprint density at radius 2 is 1.56 bits per heavy atom. The molecule has 0 radical (unpaired) electrons. The normalized spacial score (nSPS) is 13.2. The first-order valence-corrected chi connectivity index (χ1v) is 7.36. The molecule has 0 aliphatic carbocycles. The Bertz CT molecular complexity index is 352. The van der Waals surface area contributed by atoms with E-state index in [1.165, 1.54) is 4.46 Å². The van der Waals surface area contributed by atoms with Crippen molar-refractivity contribution in [2.75, 3.05) is 0 Å². The predicted molar refractivity (Wildman–Crippen MR) is 69.6 cm³/mol. The van der Waals surface area contributed by atoms with Crippen LogP contribution in [0.2, 0.25) is 0 Å². The molecular formula is C14H19FSe. The molecule has 0 unspecified atom stereocenters. The van der Waals surface area contributed by atoms with Gasteiger partial charge in [0.05, 0.1) is 0 Å². The molecule has 0 spiro atoms. The fraction of sp³-hybridized carbons (Fsp3) is 0.429. The summed E-state index contributed by atoms with van der Waals surface area (Å²) in [6, 6.07) is 10.2. The zero-order valence-electron chi connectivity index (χ0n) is 10.3. The summed E-state index contributed by atoms with van der Waals surface area (Å²) in [6.45, 7) is 7.97. The zero-order chi connectivity index (χ0) is 12.1. The van der Waals surface area contributed by atoms with E-state index in [-0.39, 0.29) is 26.7 Å². The van der Waals surface area contributed by atoms with E-state index in [0.717, 1.165) is 4.47 Å². The number of rotatable bonds is 4. The summed E-state index contributed by atoms with van der Waals surface area (Å²) in [5.41, 5.74) is 0. The molecule has 2 heteroatoms. The third kappa shape index (κ3) is 3.77. The van der Waals surface area contributed by atoms with Gasteiger partial charge in [-0.05, 0) is 0 Å². The summed E-state index contributed by atoms with van der Waals surface area (Å²) < 4.78 is 16.3. The van der Waals surface area contributed by atoms with E-state index in [0.29, 0.717) is 5.92 Å². The second-order valence-electron chi connectivity index (χ2n) is 4.44. The van der Waals surface area contributed by atoms with E-state index < -0.39 is 0 Å². The number of halogens is 1. The van der Waals surface area contributed by atoms with Crippen molar-refractivity contribution in [3.63, 3.8) is 0 Å². The summed E-state index contributed by atoms with van der Waals surface area (Å²) in [4.78, 5) is 0. The van der Waals surface area contributed by atoms with Crippen molar-refractivity contribution in [3.05, 3.63) is 40.6 Å². The van der Waals surface area contributed by atoms with Gasteiger partial charge >= 0.3 is 104 Å². The van der Waals surface area contributed by atoms with Gasteiger partial charge in [-0.25, -0.2) is 0 Å². The van der Waals surface area contributed by atoms with E-state index in [4.69, 9.17) is 0 Å². The molecule has 0 saturated carbocycles. The van der Waals surface area contributed by atoms with Gasteiger partial charge in [0, 0.05) is 0 Å². The number of hydrogen-bond acceptors (Lipinski definition) is 0. The molecule has 1 aromatic carbocycles. The van der Waals surface area contributed by atoms with Gasteiger partial charge in [0.2, 0.25) is 0 Å². The van der Waals surface area contributed by atoms with Crippen molar-refractivity contribution in [1.82, 2.24) is 0 Å². The minimum atomic E-state index is 0.00277. The van der Waals surface area contributed by atoms with Crippen LogP contribution in [0.3, 0.4) is 0 Å². The molecule has 0 aromatic heterocycles. The van der Waals surface area contributed by atoms with Gasteiger partial charge in [-0.3, -0.25) is 0 Å². The van der Waals surface area contributed by atoms with Crippen LogP contribution in [0, 0.1) is 11.8 Å². The summed E-state index contributed by atoms with van der Waals surface area (Å²) in [6.07, 6.45) is 0. The molecule has 0 fully saturated rings. The Morgan fingerprint density at radius 1 is 1.00 bits per heavy atom. The van der Waals surface area contributed by atoms with Crippen LogP contribution in [-0.2, 0) is 0 Å². The molecule has 0 N–H and O–H groups in total. The molecule has 1 aromatic rings. The topological polar surface area (TPSA) is 0 Å². The van der Waals surface area contributed by atoms with Crippen molar-refractivity contribution in [1.29, 1.82) is 0 Å². The van der Waals surface area contributed by atoms with Gasteiger partial charge in [-0.15, -0.1) is 0 Å². The first-order chi connectivity index (χ1) is 7.52. The van der Waals surface area contributed by atoms with Crippen molar-refractivity contribution in [2.45, 2.75) is 27.7 Å². The first kappa shape index (κ1) is 13.5. The van der Waals surface area contributed by atoms with Gasteiger partial charge in [-0.2, -0.15) is 0 Å². The summed E-state index contributed by atoms with van der Waals surface area (Å²) in [7, 11) is 0. The monoisotopic (exact) mass is 286 g/mol. The van der Waals surface area contributed by atoms with Gasteiger partial charge in [-0.1, -0.05) is 0 Å². The fourth-order valence-corrected chi connectivity index (χ4v) is 3.68. The Hall–Kier alpha value is -0.591. The second-order valence-corrected chi connectivity index (χ2v) is 6.78. The third-order valence-electron chi connectivity index (χ3n) is 2.24. The maximum absolute atomic E-state index is 14.0. The van der Waals surface area contributed by atoms with Gasteiger partial charge in [0.1, 0.15) is 0 Å². The van der Waals surface area contributed by atoms with E-state index in [1.54, 1.807) is 0 Å². The molecular weight excluding hydrogens is 266 g/mol. The Labute approximate surface area is 104 Å². The van der Waals surface area contributed by atoms with Crippen LogP contribution in [0.4, 0.5) is 4.39 Å². The summed E-state index contributed by atoms with van der Waals surface area (Å²) in [5.74, 6) is 0.379. The number of hydrogen-bond donors (Lipinski definition) is 0. The van der Waals surface area contributed by atoms with Gasteiger partial charge < -0.3 is 0 Å². The average Bonchev–Trinajstić information content (AvgIpc) is 2.26. The standard InChI is InChI=1S/C14H19FSe/c1-10(2)13(15)14(11(3)4)16-12-8-6-5-7-9-12/h5-11H,1-4H3/b14-13+. The second kappa shape index (κ2) is 6.22. The Morgan fingerprint density at radius 3 is 2.00 bits per heavy atom. The molecule has 0 aliphatic rings. The van der Waals surface area contributed by atoms with Crippen molar-refractivity contribution < 1.29 is 4.39 Å². The average molecular weight is 285 g/mol. The summed E-state index contributed by atoms with van der Waals surface area (Å²) >= 11 is 0.115. The van der Waals surface area contributed by atoms with E-state index in [9.17, 15) is 4.39 Å². The molecule has 88 valence electrons. The minimum absolute atomic E-state index is 0.00277. The SMILES string of the molecule is CC(C)/C(F)=C(\[Se]c1ccccc1)C(C)C. The zero-order valence-corrected chi connectivity index (χ0v) is 12.0. The fourth-order valence-electron chi connectivity index (χ4n) is 1.34. The van der Waals surface area contributed by atoms with Crippen LogP contribution in [0.1, 0.15) is 27.7 Å². The van der Waals surface area contributed by atoms with Crippen molar-refractivity contribution in [3.8, 4) is 0 Å². The quantitative estimate of drug-likeness (QED) is 0.743. The Balaban J connectivity index is 2.94. The van der Waals surface area contributed by atoms with Gasteiger partial charge in [0.25, 0.3) is 0 Å². The van der Waals surface area contributed by atoms with Gasteiger partial charge in [0.15, 0.2) is 0 Å². The molecule has 16 heavy (non-hydrogen) atoms. The maximum atomic E-state index is 14.0. The van der Waals surface area contributed by atoms with Crippen LogP contribution in [-0.4, -0.2) is 15.0 Å². The van der Waals surface area contributed by atoms with E-state index in [2.05, 4.69) is 26.0 Å². The van der Waals surface area contributed by atoms with E-state index in [1.807, 2.05) is 32.0 Å². The molecule has 0 bridgehead atoms. The molecule has 0 saturated heterocycles. The first-order valence-electron chi connectivity index (χ1n) is 5.64. The molecule has 0 nitrogen and oxygen atoms in total. The van der Waals surface area contributed by atoms with E-state index >= 15 is 0 Å². The van der Waals surface area contributed by atoms with Crippen LogP contribution < -0.4 is 4.46 Å². The number of benzene rings is 1. The van der Waals surface area contributed by atoms with Crippen molar-refractivity contribution in [2.24, 2.45) is 11.8 Å². The third-order valence-corrected chi connectivity index (χ3v) is 5.16. The van der Waals surface area contributed by atoms with Crippen LogP contribution in [0.15, 0.2) is 40.6 Å². The van der Waals surface area contributed by atoms with Crippen LogP contribution >= 0.6 is 0 Å². The molecule has 0 amide bonds. The predicted octanol–water partition coefficient (Wildman–Crippen LogP) is 3.51. The molecule has 0 aliphatic heterocycles. The number of allylic oxidation sites excluding steroid dienone is 2. The Kier molecular flexibility index (Phi) is 5.24.